The average Bonchev–Trinajstić information content (AvgIpc) is 3.40. The van der Waals surface area contributed by atoms with Crippen LogP contribution in [0.1, 0.15) is 29.7 Å². The molecule has 0 saturated carbocycles. The van der Waals surface area contributed by atoms with Crippen LogP contribution in [0.4, 0.5) is 5.69 Å². The van der Waals surface area contributed by atoms with Crippen LogP contribution in [0.3, 0.4) is 0 Å². The summed E-state index contributed by atoms with van der Waals surface area (Å²) < 4.78 is 0. The summed E-state index contributed by atoms with van der Waals surface area (Å²) in [5.41, 5.74) is 11.0. The Kier molecular flexibility index (Phi) is 3.91. The highest BCUT2D eigenvalue weighted by Crippen LogP contribution is 2.35. The quantitative estimate of drug-likeness (QED) is 0.532. The highest BCUT2D eigenvalue weighted by Gasteiger charge is 2.27. The van der Waals surface area contributed by atoms with Crippen molar-refractivity contribution in [2.45, 2.75) is 25.3 Å². The van der Waals surface area contributed by atoms with Crippen molar-refractivity contribution in [3.8, 4) is 0 Å². The summed E-state index contributed by atoms with van der Waals surface area (Å²) in [5, 5.41) is 3.26. The van der Waals surface area contributed by atoms with E-state index >= 15 is 0 Å². The van der Waals surface area contributed by atoms with Gasteiger partial charge in [-0.1, -0.05) is 12.1 Å². The lowest BCUT2D eigenvalue weighted by Gasteiger charge is -2.28. The second-order valence-electron chi connectivity index (χ2n) is 7.09. The molecular weight excluding hydrogens is 340 g/mol. The van der Waals surface area contributed by atoms with E-state index in [9.17, 15) is 0 Å². The molecule has 1 unspecified atom stereocenters. The lowest BCUT2D eigenvalue weighted by molar-refractivity contribution is 0.288. The molecule has 5 rings (SSSR count). The number of aromatic nitrogens is 1. The third-order valence-corrected chi connectivity index (χ3v) is 6.40. The van der Waals surface area contributed by atoms with Crippen LogP contribution in [0.5, 0.6) is 0 Å². The molecule has 3 N–H and O–H groups in total. The number of fused-ring (bicyclic) bond motifs is 2. The van der Waals surface area contributed by atoms with Crippen LogP contribution in [0.2, 0.25) is 0 Å². The first kappa shape index (κ1) is 15.9. The molecule has 0 amide bonds. The zero-order valence-electron chi connectivity index (χ0n) is 14.6. The summed E-state index contributed by atoms with van der Waals surface area (Å²) in [6.45, 7) is 2.43. The zero-order valence-corrected chi connectivity index (χ0v) is 15.4. The first-order valence-corrected chi connectivity index (χ1v) is 10.1. The maximum absolute atomic E-state index is 6.17. The Labute approximate surface area is 157 Å². The van der Waals surface area contributed by atoms with E-state index in [2.05, 4.69) is 39.3 Å². The van der Waals surface area contributed by atoms with E-state index in [4.69, 9.17) is 5.73 Å². The van der Waals surface area contributed by atoms with Gasteiger partial charge >= 0.3 is 0 Å². The number of nitrogens with one attached hydrogen (secondary N) is 1. The van der Waals surface area contributed by atoms with E-state index in [-0.39, 0.29) is 0 Å². The van der Waals surface area contributed by atoms with Crippen LogP contribution in [-0.2, 0) is 0 Å². The van der Waals surface area contributed by atoms with E-state index in [1.165, 1.54) is 42.5 Å². The Morgan fingerprint density at radius 1 is 1.27 bits per heavy atom. The Hall–Kier alpha value is -2.37. The van der Waals surface area contributed by atoms with Gasteiger partial charge in [0.15, 0.2) is 0 Å². The molecule has 0 aliphatic carbocycles. The van der Waals surface area contributed by atoms with Crippen molar-refractivity contribution < 1.29 is 0 Å². The number of benzene rings is 1. The second kappa shape index (κ2) is 6.41. The fourth-order valence-corrected chi connectivity index (χ4v) is 4.81. The molecular formula is C21H22N4S. The van der Waals surface area contributed by atoms with Gasteiger partial charge in [-0.3, -0.25) is 4.90 Å². The predicted molar refractivity (Wildman–Crippen MR) is 110 cm³/mol. The molecule has 4 heterocycles. The third-order valence-electron chi connectivity index (χ3n) is 5.51. The van der Waals surface area contributed by atoms with Gasteiger partial charge in [-0.05, 0) is 61.0 Å². The van der Waals surface area contributed by atoms with Crippen molar-refractivity contribution in [3.63, 3.8) is 0 Å². The monoisotopic (exact) mass is 362 g/mol. The fraction of sp³-hybridized carbons (Fsp3) is 0.286. The predicted octanol–water partition coefficient (Wildman–Crippen LogP) is 4.52. The topological polar surface area (TPSA) is 57.4 Å². The molecule has 4 nitrogen and oxygen atoms in total. The van der Waals surface area contributed by atoms with Crippen LogP contribution in [0.15, 0.2) is 53.0 Å². The van der Waals surface area contributed by atoms with Crippen LogP contribution < -0.4 is 5.73 Å². The number of rotatable bonds is 3. The van der Waals surface area contributed by atoms with Gasteiger partial charge in [0.25, 0.3) is 0 Å². The standard InChI is InChI=1S/C21H22N4S/c22-21(20-4-2-10-26-20)24-15-5-6-19-17(12-15)18(13-23-19)14-7-9-25-8-1-3-16(25)11-14/h2,4-6,10-13,16,23H,1,3,7-9H2,(H2,22,24). The van der Waals surface area contributed by atoms with Crippen molar-refractivity contribution in [1.82, 2.24) is 9.88 Å². The molecule has 3 aromatic rings. The summed E-state index contributed by atoms with van der Waals surface area (Å²) in [6, 6.07) is 10.9. The molecule has 2 aliphatic rings. The molecule has 1 saturated heterocycles. The molecule has 1 fully saturated rings. The number of H-pyrrole nitrogens is 1. The number of nitrogens with two attached hydrogens (primary N) is 1. The average molecular weight is 363 g/mol. The third kappa shape index (κ3) is 2.77. The SMILES string of the molecule is NC(=Nc1ccc2[nH]cc(C3=CC4CCCN4CC3)c2c1)c1cccs1. The Morgan fingerprint density at radius 2 is 2.23 bits per heavy atom. The van der Waals surface area contributed by atoms with Crippen LogP contribution in [0.25, 0.3) is 16.5 Å². The number of hydrogen-bond donors (Lipinski definition) is 2. The number of aliphatic imine (C=N–C) groups is 1. The fourth-order valence-electron chi connectivity index (χ4n) is 4.18. The molecule has 5 heteroatoms. The molecule has 0 radical (unpaired) electrons. The number of nitrogens with zero attached hydrogens (tertiary/aromatic N) is 2. The van der Waals surface area contributed by atoms with Crippen molar-refractivity contribution >= 4 is 39.3 Å². The van der Waals surface area contributed by atoms with E-state index in [1.54, 1.807) is 11.3 Å². The molecule has 1 atom stereocenters. The first-order valence-electron chi connectivity index (χ1n) is 9.22. The highest BCUT2D eigenvalue weighted by atomic mass is 32.1. The van der Waals surface area contributed by atoms with Gasteiger partial charge in [-0.25, -0.2) is 4.99 Å². The largest absolute Gasteiger partial charge is 0.383 e. The minimum absolute atomic E-state index is 0.579. The van der Waals surface area contributed by atoms with Gasteiger partial charge < -0.3 is 10.7 Å². The summed E-state index contributed by atoms with van der Waals surface area (Å²) in [7, 11) is 0. The minimum atomic E-state index is 0.579. The van der Waals surface area contributed by atoms with Crippen LogP contribution in [-0.4, -0.2) is 34.9 Å². The Balaban J connectivity index is 1.53. The molecule has 132 valence electrons. The number of thiophene rings is 1. The van der Waals surface area contributed by atoms with Gasteiger partial charge in [0.2, 0.25) is 0 Å². The van der Waals surface area contributed by atoms with E-state index < -0.39 is 0 Å². The lowest BCUT2D eigenvalue weighted by atomic mass is 9.95. The normalized spacial score (nSPS) is 21.2. The summed E-state index contributed by atoms with van der Waals surface area (Å²) in [5.74, 6) is 0.579. The smallest absolute Gasteiger partial charge is 0.141 e. The summed E-state index contributed by atoms with van der Waals surface area (Å²) in [4.78, 5) is 11.7. The van der Waals surface area contributed by atoms with Gasteiger partial charge in [0.05, 0.1) is 10.6 Å². The first-order chi connectivity index (χ1) is 12.8. The highest BCUT2D eigenvalue weighted by molar-refractivity contribution is 7.12. The summed E-state index contributed by atoms with van der Waals surface area (Å²) in [6.07, 6.45) is 8.36. The van der Waals surface area contributed by atoms with Gasteiger partial charge in [-0.15, -0.1) is 11.3 Å². The lowest BCUT2D eigenvalue weighted by Crippen LogP contribution is -2.32. The molecule has 0 bridgehead atoms. The zero-order chi connectivity index (χ0) is 17.5. The number of amidine groups is 1. The minimum Gasteiger partial charge on any atom is -0.383 e. The molecule has 1 aromatic carbocycles. The van der Waals surface area contributed by atoms with Crippen molar-refractivity contribution in [3.05, 3.63) is 58.4 Å². The number of hydrogen-bond acceptors (Lipinski definition) is 3. The maximum atomic E-state index is 6.17. The second-order valence-corrected chi connectivity index (χ2v) is 8.04. The van der Waals surface area contributed by atoms with Gasteiger partial charge in [0, 0.05) is 35.2 Å². The van der Waals surface area contributed by atoms with Crippen molar-refractivity contribution in [2.75, 3.05) is 13.1 Å². The van der Waals surface area contributed by atoms with E-state index in [1.807, 2.05) is 23.6 Å². The van der Waals surface area contributed by atoms with Crippen LogP contribution in [0, 0.1) is 0 Å². The van der Waals surface area contributed by atoms with Crippen molar-refractivity contribution in [2.24, 2.45) is 10.7 Å². The van der Waals surface area contributed by atoms with Crippen LogP contribution >= 0.6 is 11.3 Å². The van der Waals surface area contributed by atoms with Crippen molar-refractivity contribution in [1.29, 1.82) is 0 Å². The van der Waals surface area contributed by atoms with Gasteiger partial charge in [0.1, 0.15) is 5.84 Å². The molecule has 2 aliphatic heterocycles. The Morgan fingerprint density at radius 3 is 3.12 bits per heavy atom. The summed E-state index contributed by atoms with van der Waals surface area (Å²) >= 11 is 1.61. The van der Waals surface area contributed by atoms with Gasteiger partial charge in [-0.2, -0.15) is 0 Å². The molecule has 26 heavy (non-hydrogen) atoms. The van der Waals surface area contributed by atoms with E-state index in [0.29, 0.717) is 11.9 Å². The Bertz CT molecular complexity index is 996. The number of aromatic amines is 1. The van der Waals surface area contributed by atoms with E-state index in [0.717, 1.165) is 22.5 Å². The molecule has 0 spiro atoms. The molecule has 2 aromatic heterocycles. The maximum Gasteiger partial charge on any atom is 0.141 e.